The van der Waals surface area contributed by atoms with Crippen LogP contribution in [0.3, 0.4) is 0 Å². The highest BCUT2D eigenvalue weighted by Crippen LogP contribution is 2.27. The van der Waals surface area contributed by atoms with E-state index in [1.54, 1.807) is 34.8 Å². The van der Waals surface area contributed by atoms with Gasteiger partial charge in [-0.15, -0.1) is 0 Å². The van der Waals surface area contributed by atoms with E-state index < -0.39 is 9.84 Å². The Labute approximate surface area is 151 Å². The van der Waals surface area contributed by atoms with Crippen LogP contribution in [0, 0.1) is 0 Å². The van der Waals surface area contributed by atoms with Crippen molar-refractivity contribution in [1.82, 2.24) is 0 Å². The summed E-state index contributed by atoms with van der Waals surface area (Å²) in [5.41, 5.74) is 2.03. The maximum Gasteiger partial charge on any atom is 0.158 e. The molecule has 2 aromatic carbocycles. The Morgan fingerprint density at radius 3 is 2.38 bits per heavy atom. The lowest BCUT2D eigenvalue weighted by Gasteiger charge is -2.02. The van der Waals surface area contributed by atoms with Gasteiger partial charge in [-0.2, -0.15) is 0 Å². The van der Waals surface area contributed by atoms with Gasteiger partial charge in [0.05, 0.1) is 18.6 Å². The van der Waals surface area contributed by atoms with E-state index in [9.17, 15) is 8.42 Å². The van der Waals surface area contributed by atoms with Crippen LogP contribution in [-0.2, 0) is 21.3 Å². The van der Waals surface area contributed by atoms with Gasteiger partial charge in [0, 0.05) is 5.75 Å². The average Bonchev–Trinajstić information content (AvgIpc) is 2.59. The molecule has 6 heteroatoms. The lowest BCUT2D eigenvalue weighted by molar-refractivity contribution is 0.414. The van der Waals surface area contributed by atoms with Crippen LogP contribution in [0.25, 0.3) is 0 Å². The van der Waals surface area contributed by atoms with Crippen molar-refractivity contribution in [2.24, 2.45) is 0 Å². The molecule has 0 heterocycles. The van der Waals surface area contributed by atoms with Crippen molar-refractivity contribution in [3.05, 3.63) is 77.2 Å². The lowest BCUT2D eigenvalue weighted by atomic mass is 10.2. The van der Waals surface area contributed by atoms with E-state index in [-0.39, 0.29) is 11.5 Å². The zero-order valence-corrected chi connectivity index (χ0v) is 15.9. The molecule has 0 aliphatic heterocycles. The summed E-state index contributed by atoms with van der Waals surface area (Å²) in [6.07, 6.45) is 1.71. The van der Waals surface area contributed by atoms with Crippen LogP contribution < -0.4 is 4.74 Å². The molecule has 24 heavy (non-hydrogen) atoms. The minimum Gasteiger partial charge on any atom is -0.497 e. The molecule has 0 spiro atoms. The Hall–Kier alpha value is -1.37. The average molecular weight is 381 g/mol. The van der Waals surface area contributed by atoms with E-state index in [2.05, 4.69) is 0 Å². The number of sulfone groups is 1. The maximum atomic E-state index is 12.0. The predicted octanol–water partition coefficient (Wildman–Crippen LogP) is 4.71. The van der Waals surface area contributed by atoms with Crippen LogP contribution in [0.15, 0.2) is 66.1 Å². The SMILES string of the molecule is COc1ccc(CSSC=CCS(=O)(=O)Cc2ccccc2)cc1. The van der Waals surface area contributed by atoms with Crippen LogP contribution in [0.4, 0.5) is 0 Å². The molecule has 0 N–H and O–H groups in total. The van der Waals surface area contributed by atoms with Crippen molar-refractivity contribution < 1.29 is 13.2 Å². The topological polar surface area (TPSA) is 43.4 Å². The van der Waals surface area contributed by atoms with Gasteiger partial charge in [-0.3, -0.25) is 0 Å². The first-order valence-corrected chi connectivity index (χ1v) is 11.6. The predicted molar refractivity (Wildman–Crippen MR) is 105 cm³/mol. The molecule has 3 nitrogen and oxygen atoms in total. The molecule has 0 radical (unpaired) electrons. The first-order chi connectivity index (χ1) is 11.6. The number of ether oxygens (including phenoxy) is 1. The summed E-state index contributed by atoms with van der Waals surface area (Å²) in [7, 11) is 1.76. The summed E-state index contributed by atoms with van der Waals surface area (Å²) in [5.74, 6) is 1.86. The number of rotatable bonds is 9. The Morgan fingerprint density at radius 1 is 1.00 bits per heavy atom. The van der Waals surface area contributed by atoms with Crippen molar-refractivity contribution in [2.45, 2.75) is 11.5 Å². The van der Waals surface area contributed by atoms with E-state index >= 15 is 0 Å². The van der Waals surface area contributed by atoms with E-state index in [4.69, 9.17) is 4.74 Å². The quantitative estimate of drug-likeness (QED) is 0.466. The molecule has 0 bridgehead atoms. The number of hydrogen-bond acceptors (Lipinski definition) is 5. The highest BCUT2D eigenvalue weighted by atomic mass is 33.1. The normalized spacial score (nSPS) is 11.7. The third kappa shape index (κ3) is 7.03. The highest BCUT2D eigenvalue weighted by molar-refractivity contribution is 8.77. The molecule has 2 rings (SSSR count). The molecule has 0 saturated carbocycles. The molecule has 2 aromatic rings. The summed E-state index contributed by atoms with van der Waals surface area (Å²) in [6.45, 7) is 0. The molecule has 0 amide bonds. The lowest BCUT2D eigenvalue weighted by Crippen LogP contribution is -2.07. The molecule has 0 saturated heterocycles. The van der Waals surface area contributed by atoms with E-state index in [1.807, 2.05) is 60.0 Å². The first-order valence-electron chi connectivity index (χ1n) is 7.39. The second-order valence-corrected chi connectivity index (χ2v) is 9.50. The number of methoxy groups -OCH3 is 1. The molecule has 0 atom stereocenters. The van der Waals surface area contributed by atoms with Crippen LogP contribution in [-0.4, -0.2) is 21.3 Å². The maximum absolute atomic E-state index is 12.0. The molecule has 0 fully saturated rings. The van der Waals surface area contributed by atoms with Crippen LogP contribution in [0.5, 0.6) is 5.75 Å². The number of hydrogen-bond donors (Lipinski definition) is 0. The summed E-state index contributed by atoms with van der Waals surface area (Å²) >= 11 is 0. The molecule has 0 aromatic heterocycles. The first kappa shape index (κ1) is 19.0. The van der Waals surface area contributed by atoms with Crippen LogP contribution in [0.1, 0.15) is 11.1 Å². The van der Waals surface area contributed by atoms with E-state index in [1.165, 1.54) is 5.56 Å². The fraction of sp³-hybridized carbons (Fsp3) is 0.222. The highest BCUT2D eigenvalue weighted by Gasteiger charge is 2.09. The zero-order chi connectivity index (χ0) is 17.3. The standard InChI is InChI=1S/C18H20O3S3/c1-21-18-10-8-16(9-11-18)14-23-22-12-5-13-24(19,20)15-17-6-3-2-4-7-17/h2-12H,13-15H2,1H3. The van der Waals surface area contributed by atoms with Crippen molar-refractivity contribution in [2.75, 3.05) is 12.9 Å². The second-order valence-electron chi connectivity index (χ2n) is 5.12. The third-order valence-corrected chi connectivity index (χ3v) is 6.64. The van der Waals surface area contributed by atoms with Crippen LogP contribution in [0.2, 0.25) is 0 Å². The van der Waals surface area contributed by atoms with Gasteiger partial charge in [0.15, 0.2) is 9.84 Å². The minimum absolute atomic E-state index is 0.0675. The van der Waals surface area contributed by atoms with Crippen molar-refractivity contribution in [1.29, 1.82) is 0 Å². The fourth-order valence-corrected chi connectivity index (χ4v) is 5.04. The number of benzene rings is 2. The Bertz CT molecular complexity index is 739. The fourth-order valence-electron chi connectivity index (χ4n) is 1.98. The van der Waals surface area contributed by atoms with Crippen molar-refractivity contribution >= 4 is 31.4 Å². The van der Waals surface area contributed by atoms with Gasteiger partial charge in [-0.1, -0.05) is 70.1 Å². The summed E-state index contributed by atoms with van der Waals surface area (Å²) < 4.78 is 29.2. The van der Waals surface area contributed by atoms with Gasteiger partial charge < -0.3 is 4.74 Å². The smallest absolute Gasteiger partial charge is 0.158 e. The third-order valence-electron chi connectivity index (χ3n) is 3.18. The van der Waals surface area contributed by atoms with Crippen molar-refractivity contribution in [3.8, 4) is 5.75 Å². The Balaban J connectivity index is 1.70. The van der Waals surface area contributed by atoms with Gasteiger partial charge in [-0.05, 0) is 28.7 Å². The Kier molecular flexibility index (Phi) is 7.75. The molecule has 0 unspecified atom stereocenters. The summed E-state index contributed by atoms with van der Waals surface area (Å²) in [6, 6.07) is 17.2. The molecule has 0 aliphatic rings. The monoisotopic (exact) mass is 380 g/mol. The van der Waals surface area contributed by atoms with Gasteiger partial charge in [0.25, 0.3) is 0 Å². The van der Waals surface area contributed by atoms with Gasteiger partial charge >= 0.3 is 0 Å². The van der Waals surface area contributed by atoms with Gasteiger partial charge in [-0.25, -0.2) is 8.42 Å². The van der Waals surface area contributed by atoms with E-state index in [0.29, 0.717) is 0 Å². The molecule has 128 valence electrons. The van der Waals surface area contributed by atoms with Gasteiger partial charge in [0.2, 0.25) is 0 Å². The summed E-state index contributed by atoms with van der Waals surface area (Å²) in [5, 5.41) is 1.84. The molecular weight excluding hydrogens is 360 g/mol. The zero-order valence-electron chi connectivity index (χ0n) is 13.4. The Morgan fingerprint density at radius 2 is 1.71 bits per heavy atom. The van der Waals surface area contributed by atoms with Crippen molar-refractivity contribution in [3.63, 3.8) is 0 Å². The summed E-state index contributed by atoms with van der Waals surface area (Å²) in [4.78, 5) is 0. The molecule has 0 aliphatic carbocycles. The minimum atomic E-state index is -3.10. The largest absolute Gasteiger partial charge is 0.497 e. The van der Waals surface area contributed by atoms with Gasteiger partial charge in [0.1, 0.15) is 5.75 Å². The van der Waals surface area contributed by atoms with E-state index in [0.717, 1.165) is 17.1 Å². The van der Waals surface area contributed by atoms with Crippen LogP contribution >= 0.6 is 21.6 Å². The second kappa shape index (κ2) is 9.81. The molecular formula is C18H20O3S3.